The van der Waals surface area contributed by atoms with Gasteiger partial charge in [-0.05, 0) is 31.6 Å². The second-order valence-electron chi connectivity index (χ2n) is 3.44. The Kier molecular flexibility index (Phi) is 4.82. The predicted octanol–water partition coefficient (Wildman–Crippen LogP) is 3.94. The molecule has 0 aliphatic heterocycles. The highest BCUT2D eigenvalue weighted by atomic mass is 79.9. The molecule has 0 saturated heterocycles. The average molecular weight is 273 g/mol. The molecular formula is C12H14BrFO. The van der Waals surface area contributed by atoms with Gasteiger partial charge < -0.3 is 4.74 Å². The first-order valence-electron chi connectivity index (χ1n) is 4.73. The lowest BCUT2D eigenvalue weighted by atomic mass is 10.2. The van der Waals surface area contributed by atoms with Crippen molar-refractivity contribution in [2.24, 2.45) is 0 Å². The highest BCUT2D eigenvalue weighted by Gasteiger charge is 1.99. The van der Waals surface area contributed by atoms with Gasteiger partial charge in [0, 0.05) is 11.4 Å². The molecule has 1 aromatic rings. The lowest BCUT2D eigenvalue weighted by Crippen LogP contribution is -2.01. The molecule has 0 fully saturated rings. The van der Waals surface area contributed by atoms with E-state index in [1.165, 1.54) is 17.7 Å². The lowest BCUT2D eigenvalue weighted by Gasteiger charge is -2.08. The topological polar surface area (TPSA) is 9.23 Å². The van der Waals surface area contributed by atoms with Crippen LogP contribution in [-0.2, 0) is 0 Å². The summed E-state index contributed by atoms with van der Waals surface area (Å²) in [6.07, 6.45) is 0. The van der Waals surface area contributed by atoms with Gasteiger partial charge in [0.2, 0.25) is 0 Å². The minimum atomic E-state index is -0.272. The first-order chi connectivity index (χ1) is 7.13. The van der Waals surface area contributed by atoms with Crippen molar-refractivity contribution < 1.29 is 9.13 Å². The Morgan fingerprint density at radius 1 is 1.33 bits per heavy atom. The molecule has 0 aliphatic carbocycles. The van der Waals surface area contributed by atoms with Gasteiger partial charge in [0.15, 0.2) is 0 Å². The molecule has 3 heteroatoms. The highest BCUT2D eigenvalue weighted by Crippen LogP contribution is 2.14. The standard InChI is InChI=1S/C12H14BrFO/c1-9(7-13)10(2)8-15-12-5-3-4-11(14)6-12/h3-6H,7-8H2,1-2H3. The molecule has 0 bridgehead atoms. The van der Waals surface area contributed by atoms with Gasteiger partial charge in [-0.25, -0.2) is 4.39 Å². The van der Waals surface area contributed by atoms with Gasteiger partial charge in [-0.1, -0.05) is 27.6 Å². The molecule has 0 heterocycles. The van der Waals surface area contributed by atoms with E-state index in [4.69, 9.17) is 4.74 Å². The molecular weight excluding hydrogens is 259 g/mol. The third-order valence-corrected chi connectivity index (χ3v) is 3.02. The summed E-state index contributed by atoms with van der Waals surface area (Å²) in [6.45, 7) is 4.55. The maximum absolute atomic E-state index is 12.8. The summed E-state index contributed by atoms with van der Waals surface area (Å²) in [6, 6.07) is 6.18. The number of allylic oxidation sites excluding steroid dienone is 1. The van der Waals surface area contributed by atoms with Crippen LogP contribution in [0.3, 0.4) is 0 Å². The monoisotopic (exact) mass is 272 g/mol. The van der Waals surface area contributed by atoms with Crippen LogP contribution in [0.15, 0.2) is 35.4 Å². The number of ether oxygens (including phenoxy) is 1. The van der Waals surface area contributed by atoms with Crippen LogP contribution >= 0.6 is 15.9 Å². The molecule has 0 amide bonds. The smallest absolute Gasteiger partial charge is 0.126 e. The van der Waals surface area contributed by atoms with Gasteiger partial charge in [-0.3, -0.25) is 0 Å². The zero-order valence-corrected chi connectivity index (χ0v) is 10.5. The van der Waals surface area contributed by atoms with Crippen molar-refractivity contribution in [2.75, 3.05) is 11.9 Å². The van der Waals surface area contributed by atoms with Gasteiger partial charge in [-0.2, -0.15) is 0 Å². The quantitative estimate of drug-likeness (QED) is 0.596. The molecule has 82 valence electrons. The maximum atomic E-state index is 12.8. The van der Waals surface area contributed by atoms with Gasteiger partial charge in [0.1, 0.15) is 18.2 Å². The second-order valence-corrected chi connectivity index (χ2v) is 4.00. The Labute approximate surface area is 98.1 Å². The summed E-state index contributed by atoms with van der Waals surface area (Å²) in [5, 5.41) is 0.839. The third-order valence-electron chi connectivity index (χ3n) is 2.18. The van der Waals surface area contributed by atoms with Crippen LogP contribution in [0.4, 0.5) is 4.39 Å². The minimum Gasteiger partial charge on any atom is -0.489 e. The summed E-state index contributed by atoms with van der Waals surface area (Å²) in [5.74, 6) is 0.295. The van der Waals surface area contributed by atoms with Crippen LogP contribution in [0.2, 0.25) is 0 Å². The van der Waals surface area contributed by atoms with E-state index in [9.17, 15) is 4.39 Å². The van der Waals surface area contributed by atoms with E-state index in [1.54, 1.807) is 12.1 Å². The lowest BCUT2D eigenvalue weighted by molar-refractivity contribution is 0.349. The molecule has 1 aromatic carbocycles. The zero-order chi connectivity index (χ0) is 11.3. The number of benzene rings is 1. The molecule has 0 N–H and O–H groups in total. The van der Waals surface area contributed by atoms with E-state index in [-0.39, 0.29) is 5.82 Å². The maximum Gasteiger partial charge on any atom is 0.126 e. The number of alkyl halides is 1. The number of hydrogen-bond acceptors (Lipinski definition) is 1. The number of hydrogen-bond donors (Lipinski definition) is 0. The normalized spacial score (nSPS) is 12.3. The van der Waals surface area contributed by atoms with Crippen LogP contribution in [0.1, 0.15) is 13.8 Å². The number of halogens is 2. The molecule has 0 saturated carbocycles. The summed E-state index contributed by atoms with van der Waals surface area (Å²) in [4.78, 5) is 0. The van der Waals surface area contributed by atoms with Crippen LogP contribution in [0.5, 0.6) is 5.75 Å². The fraction of sp³-hybridized carbons (Fsp3) is 0.333. The van der Waals surface area contributed by atoms with E-state index in [2.05, 4.69) is 15.9 Å². The zero-order valence-electron chi connectivity index (χ0n) is 8.89. The SMILES string of the molecule is CC(CBr)=C(C)COc1cccc(F)c1. The van der Waals surface area contributed by atoms with Crippen molar-refractivity contribution in [3.8, 4) is 5.75 Å². The van der Waals surface area contributed by atoms with Gasteiger partial charge in [0.25, 0.3) is 0 Å². The van der Waals surface area contributed by atoms with Crippen molar-refractivity contribution in [2.45, 2.75) is 13.8 Å². The Hall–Kier alpha value is -0.830. The van der Waals surface area contributed by atoms with Crippen LogP contribution in [-0.4, -0.2) is 11.9 Å². The fourth-order valence-electron chi connectivity index (χ4n) is 0.986. The average Bonchev–Trinajstić information content (AvgIpc) is 2.25. The largest absolute Gasteiger partial charge is 0.489 e. The third kappa shape index (κ3) is 4.04. The Balaban J connectivity index is 2.58. The molecule has 15 heavy (non-hydrogen) atoms. The van der Waals surface area contributed by atoms with Crippen molar-refractivity contribution >= 4 is 15.9 Å². The van der Waals surface area contributed by atoms with E-state index < -0.39 is 0 Å². The van der Waals surface area contributed by atoms with E-state index in [0.717, 1.165) is 10.9 Å². The van der Waals surface area contributed by atoms with E-state index in [1.807, 2.05) is 13.8 Å². The molecule has 0 spiro atoms. The van der Waals surface area contributed by atoms with Crippen LogP contribution in [0.25, 0.3) is 0 Å². The summed E-state index contributed by atoms with van der Waals surface area (Å²) < 4.78 is 18.3. The van der Waals surface area contributed by atoms with E-state index in [0.29, 0.717) is 12.4 Å². The van der Waals surface area contributed by atoms with Gasteiger partial charge in [0.05, 0.1) is 0 Å². The first-order valence-corrected chi connectivity index (χ1v) is 5.85. The molecule has 0 aromatic heterocycles. The molecule has 1 rings (SSSR count). The fourth-order valence-corrected chi connectivity index (χ4v) is 1.46. The van der Waals surface area contributed by atoms with Crippen LogP contribution < -0.4 is 4.74 Å². The molecule has 0 aliphatic rings. The predicted molar refractivity (Wildman–Crippen MR) is 64.1 cm³/mol. The van der Waals surface area contributed by atoms with Gasteiger partial charge in [-0.15, -0.1) is 0 Å². The Morgan fingerprint density at radius 2 is 2.07 bits per heavy atom. The molecule has 0 radical (unpaired) electrons. The summed E-state index contributed by atoms with van der Waals surface area (Å²) >= 11 is 3.38. The number of rotatable bonds is 4. The molecule has 0 unspecified atom stereocenters. The Morgan fingerprint density at radius 3 is 2.67 bits per heavy atom. The molecule has 1 nitrogen and oxygen atoms in total. The van der Waals surface area contributed by atoms with Gasteiger partial charge >= 0.3 is 0 Å². The van der Waals surface area contributed by atoms with Crippen molar-refractivity contribution in [3.63, 3.8) is 0 Å². The first kappa shape index (κ1) is 12.2. The minimum absolute atomic E-state index is 0.272. The van der Waals surface area contributed by atoms with Crippen LogP contribution in [0, 0.1) is 5.82 Å². The Bertz CT molecular complexity index is 360. The molecule has 0 atom stereocenters. The van der Waals surface area contributed by atoms with E-state index >= 15 is 0 Å². The van der Waals surface area contributed by atoms with Crippen molar-refractivity contribution in [1.29, 1.82) is 0 Å². The summed E-state index contributed by atoms with van der Waals surface area (Å²) in [5.41, 5.74) is 2.41. The summed E-state index contributed by atoms with van der Waals surface area (Å²) in [7, 11) is 0. The highest BCUT2D eigenvalue weighted by molar-refractivity contribution is 9.09. The van der Waals surface area contributed by atoms with Crippen molar-refractivity contribution in [3.05, 3.63) is 41.2 Å². The van der Waals surface area contributed by atoms with Crippen molar-refractivity contribution in [1.82, 2.24) is 0 Å². The second kappa shape index (κ2) is 5.91.